The summed E-state index contributed by atoms with van der Waals surface area (Å²) in [5.41, 5.74) is 2.07. The molecule has 5 aromatic heterocycles. The van der Waals surface area contributed by atoms with Crippen molar-refractivity contribution in [3.63, 3.8) is 0 Å². The van der Waals surface area contributed by atoms with Crippen molar-refractivity contribution in [2.45, 2.75) is 25.4 Å². The lowest BCUT2D eigenvalue weighted by molar-refractivity contribution is 0.554. The van der Waals surface area contributed by atoms with Gasteiger partial charge in [0.15, 0.2) is 5.82 Å². The molecule has 0 bridgehead atoms. The van der Waals surface area contributed by atoms with Gasteiger partial charge in [-0.3, -0.25) is 14.3 Å². The lowest BCUT2D eigenvalue weighted by Gasteiger charge is -2.27. The van der Waals surface area contributed by atoms with Crippen molar-refractivity contribution in [2.24, 2.45) is 0 Å². The van der Waals surface area contributed by atoms with Crippen molar-refractivity contribution >= 4 is 34.0 Å². The first-order valence-electron chi connectivity index (χ1n) is 10.8. The van der Waals surface area contributed by atoms with E-state index in [0.717, 1.165) is 18.4 Å². The summed E-state index contributed by atoms with van der Waals surface area (Å²) in [5, 5.41) is 15.5. The topological polar surface area (TPSA) is 121 Å². The first-order valence-corrected chi connectivity index (χ1v) is 11.2. The Morgan fingerprint density at radius 1 is 1.29 bits per heavy atom. The van der Waals surface area contributed by atoms with E-state index in [-0.39, 0.29) is 11.6 Å². The number of aromatic amines is 1. The number of nitrogens with zero attached hydrogens (tertiary/aromatic N) is 8. The smallest absolute Gasteiger partial charge is 0.279 e. The molecule has 0 aliphatic carbocycles. The van der Waals surface area contributed by atoms with Gasteiger partial charge < -0.3 is 9.88 Å². The standard InChI is InChI=1S/C23H18ClN9O/c24-16-5-8-33-19(16)23(34)32(12-14-3-1-6-26-10-14)21(30-33)17-4-2-7-31(17)22-18-15(9-25)11-27-20(18)28-13-29-22/h1,3,5-6,8,10-11,13,17H,2,4,7,12H2,(H,27,28,29)/t17-/m0/s1. The summed E-state index contributed by atoms with van der Waals surface area (Å²) in [5.74, 6) is 1.25. The molecular formula is C23H18ClN9O. The van der Waals surface area contributed by atoms with Crippen molar-refractivity contribution in [2.75, 3.05) is 11.4 Å². The normalized spacial score (nSPS) is 15.9. The molecule has 0 radical (unpaired) electrons. The number of nitriles is 1. The minimum absolute atomic E-state index is 0.220. The molecule has 1 aliphatic heterocycles. The fraction of sp³-hybridized carbons (Fsp3) is 0.217. The van der Waals surface area contributed by atoms with Gasteiger partial charge in [0.1, 0.15) is 29.4 Å². The highest BCUT2D eigenvalue weighted by molar-refractivity contribution is 6.33. The Labute approximate surface area is 198 Å². The summed E-state index contributed by atoms with van der Waals surface area (Å²) in [6.07, 6.45) is 9.90. The van der Waals surface area contributed by atoms with Crippen LogP contribution in [0, 0.1) is 11.3 Å². The predicted molar refractivity (Wildman–Crippen MR) is 126 cm³/mol. The maximum Gasteiger partial charge on any atom is 0.279 e. The molecule has 168 valence electrons. The Bertz CT molecular complexity index is 1630. The number of rotatable bonds is 4. The van der Waals surface area contributed by atoms with E-state index in [4.69, 9.17) is 16.7 Å². The van der Waals surface area contributed by atoms with E-state index < -0.39 is 0 Å². The molecule has 1 N–H and O–H groups in total. The van der Waals surface area contributed by atoms with Crippen LogP contribution in [0.25, 0.3) is 16.6 Å². The number of nitrogens with one attached hydrogen (secondary N) is 1. The van der Waals surface area contributed by atoms with Crippen LogP contribution in [0.3, 0.4) is 0 Å². The third-order valence-electron chi connectivity index (χ3n) is 6.21. The Balaban J connectivity index is 1.55. The van der Waals surface area contributed by atoms with E-state index in [9.17, 15) is 10.1 Å². The molecule has 1 fully saturated rings. The second-order valence-electron chi connectivity index (χ2n) is 8.15. The Morgan fingerprint density at radius 2 is 2.21 bits per heavy atom. The van der Waals surface area contributed by atoms with Crippen LogP contribution in [0.2, 0.25) is 5.02 Å². The summed E-state index contributed by atoms with van der Waals surface area (Å²) in [6.45, 7) is 1.02. The average Bonchev–Trinajstić information content (AvgIpc) is 3.59. The molecule has 6 heterocycles. The molecule has 0 unspecified atom stereocenters. The van der Waals surface area contributed by atoms with Gasteiger partial charge in [0.05, 0.1) is 28.6 Å². The van der Waals surface area contributed by atoms with Crippen LogP contribution >= 0.6 is 11.6 Å². The number of anilines is 1. The molecular weight excluding hydrogens is 454 g/mol. The SMILES string of the molecule is N#Cc1c[nH]c2ncnc(N3CCC[C@H]3c3nn4ccc(Cl)c4c(=O)n3Cc3cccnc3)c12. The van der Waals surface area contributed by atoms with Crippen LogP contribution < -0.4 is 10.5 Å². The van der Waals surface area contributed by atoms with Crippen molar-refractivity contribution in [1.82, 2.24) is 34.1 Å². The van der Waals surface area contributed by atoms with Crippen molar-refractivity contribution in [3.05, 3.63) is 81.6 Å². The summed E-state index contributed by atoms with van der Waals surface area (Å²) in [7, 11) is 0. The first kappa shape index (κ1) is 20.4. The summed E-state index contributed by atoms with van der Waals surface area (Å²) in [4.78, 5) is 31.8. The highest BCUT2D eigenvalue weighted by Crippen LogP contribution is 2.38. The molecule has 1 saturated heterocycles. The first-order chi connectivity index (χ1) is 16.7. The van der Waals surface area contributed by atoms with Gasteiger partial charge in [-0.2, -0.15) is 10.4 Å². The molecule has 1 aliphatic rings. The molecule has 0 aromatic carbocycles. The molecule has 0 amide bonds. The summed E-state index contributed by atoms with van der Waals surface area (Å²) < 4.78 is 3.21. The van der Waals surface area contributed by atoms with E-state index in [2.05, 4.69) is 30.9 Å². The molecule has 0 spiro atoms. The van der Waals surface area contributed by atoms with Gasteiger partial charge >= 0.3 is 0 Å². The van der Waals surface area contributed by atoms with E-state index in [1.807, 2.05) is 12.1 Å². The number of hydrogen-bond acceptors (Lipinski definition) is 7. The second-order valence-corrected chi connectivity index (χ2v) is 8.56. The molecule has 0 saturated carbocycles. The predicted octanol–water partition coefficient (Wildman–Crippen LogP) is 3.08. The Hall–Kier alpha value is -4.23. The van der Waals surface area contributed by atoms with E-state index in [1.165, 1.54) is 6.33 Å². The maximum absolute atomic E-state index is 13.6. The van der Waals surface area contributed by atoms with Crippen LogP contribution in [0.4, 0.5) is 5.82 Å². The van der Waals surface area contributed by atoms with E-state index in [0.29, 0.717) is 51.9 Å². The van der Waals surface area contributed by atoms with E-state index >= 15 is 0 Å². The molecule has 5 aromatic rings. The number of pyridine rings is 1. The largest absolute Gasteiger partial charge is 0.346 e. The summed E-state index contributed by atoms with van der Waals surface area (Å²) >= 11 is 6.33. The maximum atomic E-state index is 13.6. The quantitative estimate of drug-likeness (QED) is 0.427. The fourth-order valence-electron chi connectivity index (χ4n) is 4.69. The molecule has 11 heteroatoms. The van der Waals surface area contributed by atoms with E-state index in [1.54, 1.807) is 39.9 Å². The third kappa shape index (κ3) is 3.13. The van der Waals surface area contributed by atoms with Gasteiger partial charge in [-0.1, -0.05) is 17.7 Å². The van der Waals surface area contributed by atoms with Crippen molar-refractivity contribution in [1.29, 1.82) is 5.26 Å². The number of H-pyrrole nitrogens is 1. The number of aromatic nitrogens is 7. The van der Waals surface area contributed by atoms with Crippen LogP contribution in [-0.2, 0) is 6.54 Å². The minimum Gasteiger partial charge on any atom is -0.346 e. The van der Waals surface area contributed by atoms with Gasteiger partial charge in [-0.05, 0) is 30.5 Å². The number of fused-ring (bicyclic) bond motifs is 2. The minimum atomic E-state index is -0.227. The zero-order chi connectivity index (χ0) is 23.2. The van der Waals surface area contributed by atoms with Gasteiger partial charge in [-0.25, -0.2) is 14.5 Å². The lowest BCUT2D eigenvalue weighted by atomic mass is 10.1. The Morgan fingerprint density at radius 3 is 3.03 bits per heavy atom. The van der Waals surface area contributed by atoms with Gasteiger partial charge in [0.25, 0.3) is 5.56 Å². The van der Waals surface area contributed by atoms with Crippen LogP contribution in [0.15, 0.2) is 54.1 Å². The second kappa shape index (κ2) is 7.97. The number of hydrogen-bond donors (Lipinski definition) is 1. The highest BCUT2D eigenvalue weighted by Gasteiger charge is 2.33. The molecule has 6 rings (SSSR count). The zero-order valence-electron chi connectivity index (χ0n) is 17.9. The van der Waals surface area contributed by atoms with Crippen LogP contribution in [0.1, 0.15) is 35.8 Å². The monoisotopic (exact) mass is 471 g/mol. The average molecular weight is 472 g/mol. The summed E-state index contributed by atoms with van der Waals surface area (Å²) in [6, 6.07) is 7.42. The van der Waals surface area contributed by atoms with Gasteiger partial charge in [0, 0.05) is 31.3 Å². The molecule has 10 nitrogen and oxygen atoms in total. The van der Waals surface area contributed by atoms with Crippen molar-refractivity contribution < 1.29 is 0 Å². The van der Waals surface area contributed by atoms with Crippen LogP contribution in [0.5, 0.6) is 0 Å². The fourth-order valence-corrected chi connectivity index (χ4v) is 4.92. The number of halogens is 1. The molecule has 34 heavy (non-hydrogen) atoms. The van der Waals surface area contributed by atoms with Gasteiger partial charge in [0.2, 0.25) is 0 Å². The molecule has 1 atom stereocenters. The van der Waals surface area contributed by atoms with Crippen LogP contribution in [-0.4, -0.2) is 40.7 Å². The zero-order valence-corrected chi connectivity index (χ0v) is 18.6. The van der Waals surface area contributed by atoms with Crippen molar-refractivity contribution in [3.8, 4) is 6.07 Å². The third-order valence-corrected chi connectivity index (χ3v) is 6.51. The lowest BCUT2D eigenvalue weighted by Crippen LogP contribution is -2.34. The van der Waals surface area contributed by atoms with Gasteiger partial charge in [-0.15, -0.1) is 0 Å². The highest BCUT2D eigenvalue weighted by atomic mass is 35.5. The Kier molecular flexibility index (Phi) is 4.78.